The van der Waals surface area contributed by atoms with Crippen LogP contribution in [-0.4, -0.2) is 49.0 Å². The van der Waals surface area contributed by atoms with Crippen LogP contribution in [0.25, 0.3) is 0 Å². The maximum Gasteiger partial charge on any atom is 0.326 e. The second-order valence-electron chi connectivity index (χ2n) is 8.81. The smallest absolute Gasteiger partial charge is 0.326 e. The zero-order valence-electron chi connectivity index (χ0n) is 16.4. The van der Waals surface area contributed by atoms with Gasteiger partial charge in [-0.25, -0.2) is 4.79 Å². The fraction of sp³-hybridized carbons (Fsp3) is 0.476. The van der Waals surface area contributed by atoms with Gasteiger partial charge in [0.25, 0.3) is 0 Å². The lowest BCUT2D eigenvalue weighted by atomic mass is 9.68. The lowest BCUT2D eigenvalue weighted by molar-refractivity contribution is -0.154. The van der Waals surface area contributed by atoms with Gasteiger partial charge in [-0.15, -0.1) is 11.8 Å². The Balaban J connectivity index is 1.46. The second kappa shape index (κ2) is 6.52. The van der Waals surface area contributed by atoms with Crippen LogP contribution in [0.15, 0.2) is 34.3 Å². The van der Waals surface area contributed by atoms with Gasteiger partial charge in [-0.3, -0.25) is 24.3 Å². The molecule has 10 heteroatoms. The number of likely N-dealkylation sites (tertiary alicyclic amines) is 1. The number of imide groups is 1. The number of carboxylic acid groups (broad SMARTS) is 1. The van der Waals surface area contributed by atoms with E-state index >= 15 is 0 Å². The third kappa shape index (κ3) is 2.46. The molecule has 2 aromatic heterocycles. The Bertz CT molecular complexity index is 1180. The van der Waals surface area contributed by atoms with Crippen LogP contribution in [0.1, 0.15) is 29.7 Å². The predicted molar refractivity (Wildman–Crippen MR) is 112 cm³/mol. The van der Waals surface area contributed by atoms with Crippen LogP contribution in [0.2, 0.25) is 0 Å². The molecule has 0 unspecified atom stereocenters. The molecule has 4 heterocycles. The first-order valence-electron chi connectivity index (χ1n) is 10.3. The maximum absolute atomic E-state index is 13.3. The molecule has 0 aromatic carbocycles. The number of nitrogens with zero attached hydrogens (tertiary/aromatic N) is 2. The van der Waals surface area contributed by atoms with Gasteiger partial charge < -0.3 is 10.1 Å². The summed E-state index contributed by atoms with van der Waals surface area (Å²) in [6.07, 6.45) is 4.30. The Morgan fingerprint density at radius 2 is 2.00 bits per heavy atom. The summed E-state index contributed by atoms with van der Waals surface area (Å²) in [4.78, 5) is 59.2. The number of aliphatic carboxylic acids is 1. The Morgan fingerprint density at radius 3 is 2.68 bits per heavy atom. The van der Waals surface area contributed by atoms with Gasteiger partial charge >= 0.3 is 10.8 Å². The summed E-state index contributed by atoms with van der Waals surface area (Å²) in [6, 6.07) is 2.71. The molecular weight excluding hydrogens is 438 g/mol. The summed E-state index contributed by atoms with van der Waals surface area (Å²) < 4.78 is 0. The Morgan fingerprint density at radius 1 is 1.26 bits per heavy atom. The molecule has 2 aromatic rings. The molecule has 2 saturated carbocycles. The molecular formula is C21H19N3O5S2. The van der Waals surface area contributed by atoms with Crippen molar-refractivity contribution in [1.82, 2.24) is 14.9 Å². The van der Waals surface area contributed by atoms with E-state index in [0.29, 0.717) is 0 Å². The number of H-pyrrole nitrogens is 1. The van der Waals surface area contributed by atoms with E-state index in [2.05, 4.69) is 9.97 Å². The van der Waals surface area contributed by atoms with Gasteiger partial charge in [-0.2, -0.15) is 0 Å². The minimum Gasteiger partial charge on any atom is -0.480 e. The zero-order chi connectivity index (χ0) is 21.6. The molecule has 2 bridgehead atoms. The Labute approximate surface area is 185 Å². The quantitative estimate of drug-likeness (QED) is 0.674. The zero-order valence-corrected chi connectivity index (χ0v) is 18.1. The van der Waals surface area contributed by atoms with E-state index in [9.17, 15) is 24.3 Å². The van der Waals surface area contributed by atoms with Crippen LogP contribution < -0.4 is 4.87 Å². The highest BCUT2D eigenvalue weighted by Gasteiger charge is 2.70. The molecule has 6 rings (SSSR count). The van der Waals surface area contributed by atoms with Gasteiger partial charge in [0.2, 0.25) is 11.8 Å². The van der Waals surface area contributed by atoms with Crippen LogP contribution >= 0.6 is 23.1 Å². The van der Waals surface area contributed by atoms with Gasteiger partial charge in [-0.05, 0) is 42.7 Å². The Hall–Kier alpha value is -2.46. The van der Waals surface area contributed by atoms with Crippen LogP contribution in [0.3, 0.4) is 0 Å². The number of carbonyl (C=O) groups is 3. The van der Waals surface area contributed by atoms with Crippen molar-refractivity contribution in [3.8, 4) is 0 Å². The average molecular weight is 458 g/mol. The summed E-state index contributed by atoms with van der Waals surface area (Å²) in [5.74, 6) is -2.81. The normalized spacial score (nSPS) is 36.3. The molecule has 4 aliphatic rings. The highest BCUT2D eigenvalue weighted by atomic mass is 32.2. The number of nitrogens with one attached hydrogen (secondary N) is 1. The number of carboxylic acids is 1. The monoisotopic (exact) mass is 457 g/mol. The molecule has 1 saturated heterocycles. The number of carbonyl (C=O) groups excluding carboxylic acids is 2. The molecule has 160 valence electrons. The number of aromatic nitrogens is 2. The summed E-state index contributed by atoms with van der Waals surface area (Å²) >= 11 is 2.82. The van der Waals surface area contributed by atoms with Gasteiger partial charge in [-0.1, -0.05) is 17.4 Å². The van der Waals surface area contributed by atoms with Crippen LogP contribution in [-0.2, 0) is 14.4 Å². The van der Waals surface area contributed by atoms with E-state index in [1.54, 1.807) is 18.0 Å². The van der Waals surface area contributed by atoms with Crippen molar-refractivity contribution in [3.05, 3.63) is 44.6 Å². The van der Waals surface area contributed by atoms with E-state index in [1.807, 2.05) is 18.3 Å². The number of amides is 2. The fourth-order valence-corrected chi connectivity index (χ4v) is 9.35. The number of thioether (sulfide) groups is 1. The van der Waals surface area contributed by atoms with Gasteiger partial charge in [0.1, 0.15) is 6.04 Å². The van der Waals surface area contributed by atoms with E-state index in [1.165, 1.54) is 18.3 Å². The largest absolute Gasteiger partial charge is 0.480 e. The molecule has 31 heavy (non-hydrogen) atoms. The first-order chi connectivity index (χ1) is 14.9. The van der Waals surface area contributed by atoms with Crippen LogP contribution in [0, 0.1) is 29.6 Å². The van der Waals surface area contributed by atoms with Gasteiger partial charge in [0, 0.05) is 28.4 Å². The number of hydrogen-bond acceptors (Lipinski definition) is 7. The first kappa shape index (κ1) is 19.2. The number of hydrogen-bond donors (Lipinski definition) is 2. The summed E-state index contributed by atoms with van der Waals surface area (Å²) in [5.41, 5.74) is 1.01. The van der Waals surface area contributed by atoms with E-state index in [4.69, 9.17) is 0 Å². The second-order valence-corrected chi connectivity index (χ2v) is 11.0. The minimum atomic E-state index is -1.17. The van der Waals surface area contributed by atoms with Crippen molar-refractivity contribution >= 4 is 40.9 Å². The van der Waals surface area contributed by atoms with Gasteiger partial charge in [0.15, 0.2) is 0 Å². The number of pyridine rings is 1. The fourth-order valence-electron chi connectivity index (χ4n) is 6.47. The van der Waals surface area contributed by atoms with Crippen molar-refractivity contribution in [2.75, 3.05) is 0 Å². The topological polar surface area (TPSA) is 120 Å². The molecule has 2 amide bonds. The number of rotatable bonds is 3. The van der Waals surface area contributed by atoms with Crippen molar-refractivity contribution in [2.45, 2.75) is 35.6 Å². The molecule has 2 aliphatic heterocycles. The molecule has 0 spiro atoms. The minimum absolute atomic E-state index is 0.0110. The molecule has 8 nitrogen and oxygen atoms in total. The molecule has 3 fully saturated rings. The highest BCUT2D eigenvalue weighted by Crippen LogP contribution is 2.68. The van der Waals surface area contributed by atoms with E-state index < -0.39 is 23.8 Å². The summed E-state index contributed by atoms with van der Waals surface area (Å²) in [6.45, 7) is 1.39. The van der Waals surface area contributed by atoms with Crippen LogP contribution in [0.5, 0.6) is 0 Å². The number of aromatic amines is 1. The molecule has 2 N–H and O–H groups in total. The molecule has 2 aliphatic carbocycles. The SMILES string of the molecule is C[C@H](C(=O)O)N1C(=O)[C@@H]2[C@H]3C[C@@H]([C@@H]2C1=O)[C@@H]1[C@H](c2cccnc2)c2sc(=O)[nH]c2S[C@@H]31. The number of thiazole rings is 1. The van der Waals surface area contributed by atoms with Crippen molar-refractivity contribution in [3.63, 3.8) is 0 Å². The predicted octanol–water partition coefficient (Wildman–Crippen LogP) is 1.78. The van der Waals surface area contributed by atoms with Crippen LogP contribution in [0.4, 0.5) is 0 Å². The molecule has 0 radical (unpaired) electrons. The van der Waals surface area contributed by atoms with Crippen molar-refractivity contribution in [2.24, 2.45) is 29.6 Å². The third-order valence-corrected chi connectivity index (χ3v) is 10.1. The van der Waals surface area contributed by atoms with Crippen molar-refractivity contribution < 1.29 is 19.5 Å². The van der Waals surface area contributed by atoms with Gasteiger partial charge in [0.05, 0.1) is 16.9 Å². The standard InChI is InChI=1S/C21H19N3O5S2/c1-7(20(27)28)24-18(25)13-9-5-10(14(13)19(24)26)15-12(9)11(8-3-2-4-22-6-8)16-17(30-15)23-21(29)31-16/h2-4,6-7,9-15H,5H2,1H3,(H,23,29)(H,27,28)/t7-,9-,10-,11+,12-,13+,14-,15+/m1/s1. The highest BCUT2D eigenvalue weighted by molar-refractivity contribution is 8.00. The third-order valence-electron chi connectivity index (χ3n) is 7.55. The number of fused-ring (bicyclic) bond motifs is 9. The maximum atomic E-state index is 13.3. The van der Waals surface area contributed by atoms with E-state index in [-0.39, 0.29) is 45.6 Å². The summed E-state index contributed by atoms with van der Waals surface area (Å²) in [5, 5.41) is 10.4. The summed E-state index contributed by atoms with van der Waals surface area (Å²) in [7, 11) is 0. The average Bonchev–Trinajstić information content (AvgIpc) is 3.47. The Kier molecular flexibility index (Phi) is 4.05. The lowest BCUT2D eigenvalue weighted by Gasteiger charge is -2.42. The van der Waals surface area contributed by atoms with Crippen molar-refractivity contribution in [1.29, 1.82) is 0 Å². The molecule has 8 atom stereocenters. The lowest BCUT2D eigenvalue weighted by Crippen LogP contribution is -2.44. The van der Waals surface area contributed by atoms with E-state index in [0.717, 1.165) is 26.8 Å². The first-order valence-corrected chi connectivity index (χ1v) is 12.0.